The highest BCUT2D eigenvalue weighted by atomic mass is 16.4. The van der Waals surface area contributed by atoms with Gasteiger partial charge in [-0.25, -0.2) is 15.0 Å². The molecule has 24 heavy (non-hydrogen) atoms. The van der Waals surface area contributed by atoms with Crippen molar-refractivity contribution in [2.75, 3.05) is 36.8 Å². The molecule has 1 aliphatic heterocycles. The molecule has 1 unspecified atom stereocenters. The lowest BCUT2D eigenvalue weighted by Gasteiger charge is -2.22. The van der Waals surface area contributed by atoms with E-state index in [9.17, 15) is 9.90 Å². The maximum absolute atomic E-state index is 11.6. The molecule has 0 amide bonds. The number of rotatable bonds is 4. The van der Waals surface area contributed by atoms with E-state index in [1.165, 1.54) is 0 Å². The highest BCUT2D eigenvalue weighted by molar-refractivity contribution is 5.71. The number of nitrogens with zero attached hydrogens (tertiary/aromatic N) is 5. The molecule has 1 saturated heterocycles. The summed E-state index contributed by atoms with van der Waals surface area (Å²) in [5, 5.41) is 9.54. The first-order valence-electron chi connectivity index (χ1n) is 7.80. The second kappa shape index (κ2) is 7.22. The Labute approximate surface area is 140 Å². The van der Waals surface area contributed by atoms with Crippen LogP contribution in [0.1, 0.15) is 5.56 Å². The van der Waals surface area contributed by atoms with E-state index in [1.54, 1.807) is 24.7 Å². The molecule has 8 nitrogen and oxygen atoms in total. The van der Waals surface area contributed by atoms with E-state index < -0.39 is 11.9 Å². The highest BCUT2D eigenvalue weighted by Gasteiger charge is 2.29. The molecule has 2 aromatic rings. The Morgan fingerprint density at radius 3 is 2.62 bits per heavy atom. The Bertz CT molecular complexity index is 696. The third kappa shape index (κ3) is 3.77. The Hall–Kier alpha value is -2.74. The molecule has 1 aliphatic rings. The molecule has 126 valence electrons. The van der Waals surface area contributed by atoms with Crippen molar-refractivity contribution in [1.82, 2.24) is 19.9 Å². The Balaban J connectivity index is 1.76. The number of carboxylic acid groups (broad SMARTS) is 1. The summed E-state index contributed by atoms with van der Waals surface area (Å²) in [5.74, 6) is -0.292. The van der Waals surface area contributed by atoms with Crippen molar-refractivity contribution in [1.29, 1.82) is 0 Å². The van der Waals surface area contributed by atoms with Crippen molar-refractivity contribution in [3.63, 3.8) is 0 Å². The number of nitrogens with two attached hydrogens (primary N) is 1. The fraction of sp³-hybridized carbons (Fsp3) is 0.375. The summed E-state index contributed by atoms with van der Waals surface area (Å²) >= 11 is 0. The van der Waals surface area contributed by atoms with Crippen LogP contribution in [0.15, 0.2) is 36.8 Å². The number of pyridine rings is 1. The summed E-state index contributed by atoms with van der Waals surface area (Å²) in [6.07, 6.45) is 4.98. The molecule has 3 N–H and O–H groups in total. The van der Waals surface area contributed by atoms with Crippen molar-refractivity contribution in [2.45, 2.75) is 6.54 Å². The number of nitrogen functional groups attached to an aromatic ring is 1. The van der Waals surface area contributed by atoms with Crippen LogP contribution in [0, 0.1) is 5.92 Å². The molecule has 0 aromatic carbocycles. The molecule has 3 rings (SSSR count). The van der Waals surface area contributed by atoms with Crippen LogP contribution >= 0.6 is 0 Å². The summed E-state index contributed by atoms with van der Waals surface area (Å²) < 4.78 is 0. The Kier molecular flexibility index (Phi) is 4.85. The minimum Gasteiger partial charge on any atom is -0.481 e. The second-order valence-corrected chi connectivity index (χ2v) is 5.81. The Morgan fingerprint density at radius 1 is 1.17 bits per heavy atom. The minimum absolute atomic E-state index is 0.387. The zero-order valence-electron chi connectivity index (χ0n) is 13.2. The average molecular weight is 328 g/mol. The predicted molar refractivity (Wildman–Crippen MR) is 89.3 cm³/mol. The Morgan fingerprint density at radius 2 is 1.92 bits per heavy atom. The first kappa shape index (κ1) is 16.1. The zero-order chi connectivity index (χ0) is 16.9. The van der Waals surface area contributed by atoms with E-state index in [-0.39, 0.29) is 0 Å². The largest absolute Gasteiger partial charge is 0.481 e. The van der Waals surface area contributed by atoms with Crippen LogP contribution < -0.4 is 10.6 Å². The summed E-state index contributed by atoms with van der Waals surface area (Å²) in [5.41, 5.74) is 6.81. The van der Waals surface area contributed by atoms with Gasteiger partial charge in [-0.2, -0.15) is 0 Å². The van der Waals surface area contributed by atoms with Crippen molar-refractivity contribution >= 4 is 17.7 Å². The van der Waals surface area contributed by atoms with Crippen molar-refractivity contribution in [3.05, 3.63) is 42.4 Å². The first-order chi connectivity index (χ1) is 11.6. The van der Waals surface area contributed by atoms with E-state index in [1.807, 2.05) is 17.0 Å². The summed E-state index contributed by atoms with van der Waals surface area (Å²) in [6.45, 7) is 2.78. The number of hydrogen-bond acceptors (Lipinski definition) is 7. The lowest BCUT2D eigenvalue weighted by atomic mass is 10.1. The molecule has 0 bridgehead atoms. The second-order valence-electron chi connectivity index (χ2n) is 5.81. The van der Waals surface area contributed by atoms with Crippen LogP contribution in [0.25, 0.3) is 0 Å². The lowest BCUT2D eigenvalue weighted by molar-refractivity contribution is -0.141. The van der Waals surface area contributed by atoms with Gasteiger partial charge >= 0.3 is 5.97 Å². The maximum atomic E-state index is 11.6. The van der Waals surface area contributed by atoms with Crippen LogP contribution in [0.4, 0.5) is 11.8 Å². The summed E-state index contributed by atoms with van der Waals surface area (Å²) in [6, 6.07) is 5.50. The zero-order valence-corrected chi connectivity index (χ0v) is 13.2. The molecular weight excluding hydrogens is 308 g/mol. The van der Waals surface area contributed by atoms with Crippen molar-refractivity contribution in [3.8, 4) is 0 Å². The van der Waals surface area contributed by atoms with Gasteiger partial charge in [-0.05, 0) is 12.1 Å². The monoisotopic (exact) mass is 328 g/mol. The minimum atomic E-state index is -0.818. The van der Waals surface area contributed by atoms with Crippen LogP contribution in [-0.4, -0.2) is 57.1 Å². The van der Waals surface area contributed by atoms with Gasteiger partial charge in [0.15, 0.2) is 0 Å². The topological polar surface area (TPSA) is 108 Å². The van der Waals surface area contributed by atoms with Gasteiger partial charge in [-0.15, -0.1) is 0 Å². The fourth-order valence-electron chi connectivity index (χ4n) is 2.84. The van der Waals surface area contributed by atoms with Crippen LogP contribution in [-0.2, 0) is 11.3 Å². The van der Waals surface area contributed by atoms with Crippen molar-refractivity contribution in [2.24, 2.45) is 5.92 Å². The van der Waals surface area contributed by atoms with E-state index in [0.717, 1.165) is 5.56 Å². The molecular formula is C16H20N6O2. The molecule has 1 fully saturated rings. The summed E-state index contributed by atoms with van der Waals surface area (Å²) in [7, 11) is 0. The van der Waals surface area contributed by atoms with E-state index >= 15 is 0 Å². The SMILES string of the molecule is Nc1ncccc1CN1CCN(c2ncccn2)CC(C(=O)O)C1. The predicted octanol–water partition coefficient (Wildman–Crippen LogP) is 0.477. The van der Waals surface area contributed by atoms with Gasteiger partial charge in [0.1, 0.15) is 5.82 Å². The molecule has 8 heteroatoms. The standard InChI is InChI=1S/C16H20N6O2/c17-14-12(3-1-4-18-14)9-21-7-8-22(11-13(10-21)15(23)24)16-19-5-2-6-20-16/h1-6,13H,7-11H2,(H2,17,18)(H,23,24). The molecule has 0 radical (unpaired) electrons. The van der Waals surface area contributed by atoms with E-state index in [0.29, 0.717) is 44.5 Å². The third-order valence-electron chi connectivity index (χ3n) is 4.11. The number of aromatic nitrogens is 3. The first-order valence-corrected chi connectivity index (χ1v) is 7.80. The van der Waals surface area contributed by atoms with E-state index in [2.05, 4.69) is 19.9 Å². The maximum Gasteiger partial charge on any atom is 0.309 e. The molecule has 0 spiro atoms. The number of aliphatic carboxylic acids is 1. The number of carboxylic acids is 1. The van der Waals surface area contributed by atoms with Gasteiger partial charge < -0.3 is 15.7 Å². The lowest BCUT2D eigenvalue weighted by Crippen LogP contribution is -2.35. The fourth-order valence-corrected chi connectivity index (χ4v) is 2.84. The van der Waals surface area contributed by atoms with Crippen LogP contribution in [0.5, 0.6) is 0 Å². The smallest absolute Gasteiger partial charge is 0.309 e. The highest BCUT2D eigenvalue weighted by Crippen LogP contribution is 2.18. The van der Waals surface area contributed by atoms with E-state index in [4.69, 9.17) is 5.73 Å². The average Bonchev–Trinajstić information content (AvgIpc) is 2.81. The quantitative estimate of drug-likeness (QED) is 0.834. The van der Waals surface area contributed by atoms with Crippen LogP contribution in [0.2, 0.25) is 0 Å². The molecule has 0 aliphatic carbocycles. The van der Waals surface area contributed by atoms with Crippen LogP contribution in [0.3, 0.4) is 0 Å². The van der Waals surface area contributed by atoms with Gasteiger partial charge in [0.05, 0.1) is 5.92 Å². The molecule has 1 atom stereocenters. The molecule has 0 saturated carbocycles. The summed E-state index contributed by atoms with van der Waals surface area (Å²) in [4.78, 5) is 28.2. The molecule has 3 heterocycles. The van der Waals surface area contributed by atoms with Gasteiger partial charge in [-0.3, -0.25) is 9.69 Å². The van der Waals surface area contributed by atoms with Gasteiger partial charge in [0, 0.05) is 56.9 Å². The van der Waals surface area contributed by atoms with Gasteiger partial charge in [0.2, 0.25) is 5.95 Å². The van der Waals surface area contributed by atoms with Gasteiger partial charge in [-0.1, -0.05) is 6.07 Å². The number of anilines is 2. The van der Waals surface area contributed by atoms with Crippen molar-refractivity contribution < 1.29 is 9.90 Å². The third-order valence-corrected chi connectivity index (χ3v) is 4.11. The van der Waals surface area contributed by atoms with Gasteiger partial charge in [0.25, 0.3) is 0 Å². The number of hydrogen-bond donors (Lipinski definition) is 2. The number of carbonyl (C=O) groups is 1. The normalized spacial score (nSPS) is 19.0. The molecule has 2 aromatic heterocycles.